The van der Waals surface area contributed by atoms with Crippen molar-refractivity contribution >= 4 is 5.91 Å². The maximum atomic E-state index is 12.0. The van der Waals surface area contributed by atoms with Gasteiger partial charge in [0.25, 0.3) is 0 Å². The zero-order valence-electron chi connectivity index (χ0n) is 11.2. The van der Waals surface area contributed by atoms with Crippen molar-refractivity contribution in [3.05, 3.63) is 35.4 Å². The van der Waals surface area contributed by atoms with Gasteiger partial charge < -0.3 is 10.0 Å². The van der Waals surface area contributed by atoms with Crippen molar-refractivity contribution in [1.82, 2.24) is 4.90 Å². The molecule has 2 atom stereocenters. The third kappa shape index (κ3) is 2.97. The first-order valence-electron chi connectivity index (χ1n) is 6.58. The Morgan fingerprint density at radius 2 is 2.16 bits per heavy atom. The van der Waals surface area contributed by atoms with Crippen LogP contribution < -0.4 is 0 Å². The minimum Gasteiger partial charge on any atom is -0.396 e. The van der Waals surface area contributed by atoms with Gasteiger partial charge >= 0.3 is 0 Å². The average Bonchev–Trinajstić information content (AvgIpc) is 2.78. The summed E-state index contributed by atoms with van der Waals surface area (Å²) < 4.78 is 0. The number of rotatable bonds is 4. The normalized spacial score (nSPS) is 20.4. The lowest BCUT2D eigenvalue weighted by Gasteiger charge is -2.28. The van der Waals surface area contributed by atoms with Crippen LogP contribution in [0, 0.1) is 25.2 Å². The van der Waals surface area contributed by atoms with Crippen LogP contribution in [0.4, 0.5) is 0 Å². The molecular weight excluding hydrogens is 238 g/mol. The van der Waals surface area contributed by atoms with E-state index in [0.717, 1.165) is 5.56 Å². The van der Waals surface area contributed by atoms with Gasteiger partial charge in [0.05, 0.1) is 6.04 Å². The Morgan fingerprint density at radius 3 is 2.68 bits per heavy atom. The number of nitrogens with zero attached hydrogens (tertiary/aromatic N) is 1. The Morgan fingerprint density at radius 1 is 1.47 bits per heavy atom. The molecule has 0 aliphatic carbocycles. The molecule has 1 saturated heterocycles. The number of hydrogen-bond donors (Lipinski definition) is 1. The van der Waals surface area contributed by atoms with E-state index >= 15 is 0 Å². The summed E-state index contributed by atoms with van der Waals surface area (Å²) in [6.07, 6.45) is 6.38. The number of aryl methyl sites for hydroxylation is 1. The van der Waals surface area contributed by atoms with Gasteiger partial charge in [-0.05, 0) is 18.9 Å². The van der Waals surface area contributed by atoms with Crippen LogP contribution in [0.3, 0.4) is 0 Å². The third-order valence-corrected chi connectivity index (χ3v) is 3.64. The van der Waals surface area contributed by atoms with E-state index < -0.39 is 0 Å². The summed E-state index contributed by atoms with van der Waals surface area (Å²) in [6, 6.07) is 8.02. The molecule has 1 fully saturated rings. The van der Waals surface area contributed by atoms with Crippen molar-refractivity contribution < 1.29 is 9.90 Å². The molecular formula is C16H19NO2. The topological polar surface area (TPSA) is 40.5 Å². The van der Waals surface area contributed by atoms with Crippen LogP contribution in [0.1, 0.15) is 30.0 Å². The molecule has 19 heavy (non-hydrogen) atoms. The minimum atomic E-state index is -0.0727. The fourth-order valence-corrected chi connectivity index (χ4v) is 2.56. The number of aliphatic hydroxyl groups excluding tert-OH is 1. The van der Waals surface area contributed by atoms with Crippen molar-refractivity contribution in [3.8, 4) is 12.3 Å². The Kier molecular flexibility index (Phi) is 4.24. The highest BCUT2D eigenvalue weighted by molar-refractivity contribution is 5.79. The molecule has 2 unspecified atom stereocenters. The Balaban J connectivity index is 2.23. The smallest absolute Gasteiger partial charge is 0.224 e. The highest BCUT2D eigenvalue weighted by Crippen LogP contribution is 2.30. The summed E-state index contributed by atoms with van der Waals surface area (Å²) in [5.41, 5.74) is 2.24. The summed E-state index contributed by atoms with van der Waals surface area (Å²) in [7, 11) is 0. The Labute approximate surface area is 114 Å². The predicted octanol–water partition coefficient (Wildman–Crippen LogP) is 1.90. The lowest BCUT2D eigenvalue weighted by atomic mass is 10.0. The van der Waals surface area contributed by atoms with Gasteiger partial charge in [-0.15, -0.1) is 12.3 Å². The van der Waals surface area contributed by atoms with Gasteiger partial charge in [-0.3, -0.25) is 4.79 Å². The molecule has 1 heterocycles. The highest BCUT2D eigenvalue weighted by Gasteiger charge is 2.33. The van der Waals surface area contributed by atoms with Crippen LogP contribution in [0.25, 0.3) is 0 Å². The number of carbonyl (C=O) groups is 1. The lowest BCUT2D eigenvalue weighted by Crippen LogP contribution is -2.31. The van der Waals surface area contributed by atoms with Crippen molar-refractivity contribution in [2.24, 2.45) is 5.92 Å². The van der Waals surface area contributed by atoms with Gasteiger partial charge in [0.1, 0.15) is 0 Å². The quantitative estimate of drug-likeness (QED) is 0.837. The SMILES string of the molecule is C#CC1CC(=O)N(C(CCO)c2ccc(C)cc2)C1. The Hall–Kier alpha value is -1.79. The van der Waals surface area contributed by atoms with Gasteiger partial charge in [-0.25, -0.2) is 0 Å². The van der Waals surface area contributed by atoms with Crippen molar-refractivity contribution in [2.45, 2.75) is 25.8 Å². The van der Waals surface area contributed by atoms with Crippen molar-refractivity contribution in [3.63, 3.8) is 0 Å². The zero-order chi connectivity index (χ0) is 13.8. The molecule has 0 bridgehead atoms. The van der Waals surface area contributed by atoms with Gasteiger partial charge in [-0.1, -0.05) is 29.8 Å². The van der Waals surface area contributed by atoms with E-state index in [9.17, 15) is 9.90 Å². The summed E-state index contributed by atoms with van der Waals surface area (Å²) in [5, 5.41) is 9.24. The zero-order valence-corrected chi connectivity index (χ0v) is 11.2. The second-order valence-corrected chi connectivity index (χ2v) is 5.05. The van der Waals surface area contributed by atoms with Crippen LogP contribution in [0.15, 0.2) is 24.3 Å². The first-order valence-corrected chi connectivity index (χ1v) is 6.58. The molecule has 0 saturated carbocycles. The second-order valence-electron chi connectivity index (χ2n) is 5.05. The van der Waals surface area contributed by atoms with Crippen LogP contribution in [-0.4, -0.2) is 29.1 Å². The van der Waals surface area contributed by atoms with Crippen molar-refractivity contribution in [1.29, 1.82) is 0 Å². The minimum absolute atomic E-state index is 0.000795. The number of hydrogen-bond acceptors (Lipinski definition) is 2. The van der Waals surface area contributed by atoms with Crippen LogP contribution in [-0.2, 0) is 4.79 Å². The number of likely N-dealkylation sites (tertiary alicyclic amines) is 1. The molecule has 1 aromatic rings. The average molecular weight is 257 g/mol. The van der Waals surface area contributed by atoms with Crippen molar-refractivity contribution in [2.75, 3.05) is 13.2 Å². The summed E-state index contributed by atoms with van der Waals surface area (Å²) in [4.78, 5) is 13.9. The monoisotopic (exact) mass is 257 g/mol. The van der Waals surface area contributed by atoms with E-state index in [1.54, 1.807) is 0 Å². The fourth-order valence-electron chi connectivity index (χ4n) is 2.56. The number of benzene rings is 1. The maximum absolute atomic E-state index is 12.0. The van der Waals surface area contributed by atoms with E-state index in [0.29, 0.717) is 19.4 Å². The van der Waals surface area contributed by atoms with E-state index in [4.69, 9.17) is 6.42 Å². The van der Waals surface area contributed by atoms with E-state index in [-0.39, 0.29) is 24.5 Å². The molecule has 2 rings (SSSR count). The van der Waals surface area contributed by atoms with Gasteiger partial charge in [-0.2, -0.15) is 0 Å². The van der Waals surface area contributed by atoms with Gasteiger partial charge in [0.15, 0.2) is 0 Å². The molecule has 0 spiro atoms. The second kappa shape index (κ2) is 5.90. The first-order chi connectivity index (χ1) is 9.15. The molecule has 0 radical (unpaired) electrons. The largest absolute Gasteiger partial charge is 0.396 e. The number of terminal acetylenes is 1. The molecule has 100 valence electrons. The van der Waals surface area contributed by atoms with Gasteiger partial charge in [0, 0.05) is 25.5 Å². The number of carbonyl (C=O) groups excluding carboxylic acids is 1. The lowest BCUT2D eigenvalue weighted by molar-refractivity contribution is -0.130. The first kappa shape index (κ1) is 13.6. The third-order valence-electron chi connectivity index (χ3n) is 3.64. The molecule has 1 aromatic carbocycles. The van der Waals surface area contributed by atoms with E-state index in [1.165, 1.54) is 5.56 Å². The van der Waals surface area contributed by atoms with E-state index in [1.807, 2.05) is 36.1 Å². The Bertz CT molecular complexity index is 486. The predicted molar refractivity (Wildman–Crippen MR) is 74.3 cm³/mol. The summed E-state index contributed by atoms with van der Waals surface area (Å²) in [6.45, 7) is 2.68. The van der Waals surface area contributed by atoms with E-state index in [2.05, 4.69) is 5.92 Å². The number of aliphatic hydroxyl groups is 1. The summed E-state index contributed by atoms with van der Waals surface area (Å²) >= 11 is 0. The standard InChI is InChI=1S/C16H19NO2/c1-3-13-10-16(19)17(11-13)15(8-9-18)14-6-4-12(2)5-7-14/h1,4-7,13,15,18H,8-11H2,2H3. The maximum Gasteiger partial charge on any atom is 0.224 e. The molecule has 1 aliphatic rings. The van der Waals surface area contributed by atoms with Crippen LogP contribution in [0.2, 0.25) is 0 Å². The highest BCUT2D eigenvalue weighted by atomic mass is 16.3. The number of amides is 1. The molecule has 3 nitrogen and oxygen atoms in total. The van der Waals surface area contributed by atoms with Gasteiger partial charge in [0.2, 0.25) is 5.91 Å². The molecule has 0 aromatic heterocycles. The fraction of sp³-hybridized carbons (Fsp3) is 0.438. The van der Waals surface area contributed by atoms with Crippen LogP contribution in [0.5, 0.6) is 0 Å². The molecule has 1 aliphatic heterocycles. The molecule has 1 N–H and O–H groups in total. The molecule has 3 heteroatoms. The summed E-state index contributed by atoms with van der Waals surface area (Å²) in [5.74, 6) is 2.74. The van der Waals surface area contributed by atoms with Crippen LogP contribution >= 0.6 is 0 Å². The molecule has 1 amide bonds.